The lowest BCUT2D eigenvalue weighted by Crippen LogP contribution is -2.70. The van der Waals surface area contributed by atoms with Crippen molar-refractivity contribution < 1.29 is 57.1 Å². The van der Waals surface area contributed by atoms with Crippen LogP contribution in [-0.4, -0.2) is 35.8 Å². The van der Waals surface area contributed by atoms with E-state index in [4.69, 9.17) is 0 Å². The zero-order valence-corrected chi connectivity index (χ0v) is 14.1. The smallest absolute Gasteiger partial charge is 0.199 e. The fraction of sp³-hybridized carbons (Fsp3) is 0.500. The van der Waals surface area contributed by atoms with Crippen molar-refractivity contribution in [1.29, 1.82) is 0 Å². The summed E-state index contributed by atoms with van der Waals surface area (Å²) >= 11 is 0. The lowest BCUT2D eigenvalue weighted by molar-refractivity contribution is -0.439. The molecule has 0 atom stereocenters. The van der Waals surface area contributed by atoms with Gasteiger partial charge in [0.05, 0.1) is 0 Å². The standard InChI is InChI=1S/C16H11F13/c1-8-3-5-10(6-4-8)9(2)7-11(17,18)12(19,20)13(21,22)14(23,24)15(25,26)16(27,28)29/h3-6H,2,7H2,1H3. The number of benzene rings is 1. The Labute approximate surface area is 155 Å². The van der Waals surface area contributed by atoms with Gasteiger partial charge >= 0.3 is 35.8 Å². The number of aryl methyl sites for hydroxylation is 1. The number of alkyl halides is 13. The van der Waals surface area contributed by atoms with Crippen LogP contribution >= 0.6 is 0 Å². The molecule has 0 aliphatic carbocycles. The van der Waals surface area contributed by atoms with Crippen molar-refractivity contribution in [1.82, 2.24) is 0 Å². The highest BCUT2D eigenvalue weighted by Crippen LogP contribution is 2.61. The highest BCUT2D eigenvalue weighted by Gasteiger charge is 2.90. The van der Waals surface area contributed by atoms with Gasteiger partial charge in [0, 0.05) is 6.42 Å². The molecule has 0 unspecified atom stereocenters. The van der Waals surface area contributed by atoms with Crippen molar-refractivity contribution >= 4 is 5.57 Å². The highest BCUT2D eigenvalue weighted by molar-refractivity contribution is 5.64. The molecule has 0 saturated carbocycles. The average Bonchev–Trinajstić information content (AvgIpc) is 2.53. The predicted octanol–water partition coefficient (Wildman–Crippen LogP) is 7.14. The molecule has 0 nitrogen and oxygen atoms in total. The maximum Gasteiger partial charge on any atom is 0.460 e. The number of rotatable bonds is 7. The van der Waals surface area contributed by atoms with E-state index in [-0.39, 0.29) is 5.56 Å². The first-order chi connectivity index (χ1) is 12.6. The minimum Gasteiger partial charge on any atom is -0.199 e. The Balaban J connectivity index is 3.34. The Morgan fingerprint density at radius 3 is 1.41 bits per heavy atom. The number of hydrogen-bond donors (Lipinski definition) is 0. The Morgan fingerprint density at radius 1 is 0.655 bits per heavy atom. The van der Waals surface area contributed by atoms with Gasteiger partial charge in [-0.25, -0.2) is 0 Å². The lowest BCUT2D eigenvalue weighted by atomic mass is 9.89. The van der Waals surface area contributed by atoms with E-state index in [1.807, 2.05) is 0 Å². The molecule has 0 saturated heterocycles. The molecule has 29 heavy (non-hydrogen) atoms. The van der Waals surface area contributed by atoms with Crippen LogP contribution in [0.5, 0.6) is 0 Å². The second-order valence-corrected chi connectivity index (χ2v) is 6.15. The average molecular weight is 450 g/mol. The van der Waals surface area contributed by atoms with Crippen molar-refractivity contribution in [2.45, 2.75) is 49.1 Å². The quantitative estimate of drug-likeness (QED) is 0.388. The normalized spacial score (nSPS) is 14.8. The second-order valence-electron chi connectivity index (χ2n) is 6.15. The van der Waals surface area contributed by atoms with Gasteiger partial charge in [-0.15, -0.1) is 0 Å². The minimum absolute atomic E-state index is 0.304. The van der Waals surface area contributed by atoms with Crippen molar-refractivity contribution in [2.24, 2.45) is 0 Å². The van der Waals surface area contributed by atoms with Crippen molar-refractivity contribution in [3.05, 3.63) is 42.0 Å². The number of halogens is 13. The predicted molar refractivity (Wildman–Crippen MR) is 75.6 cm³/mol. The molecule has 0 spiro atoms. The third-order valence-corrected chi connectivity index (χ3v) is 3.89. The topological polar surface area (TPSA) is 0 Å². The summed E-state index contributed by atoms with van der Waals surface area (Å²) in [6, 6.07) is 4.61. The van der Waals surface area contributed by atoms with Gasteiger partial charge < -0.3 is 0 Å². The molecule has 0 N–H and O–H groups in total. The van der Waals surface area contributed by atoms with Gasteiger partial charge in [-0.2, -0.15) is 57.1 Å². The van der Waals surface area contributed by atoms with Crippen LogP contribution < -0.4 is 0 Å². The van der Waals surface area contributed by atoms with E-state index >= 15 is 0 Å². The summed E-state index contributed by atoms with van der Waals surface area (Å²) in [5.74, 6) is -36.9. The molecule has 166 valence electrons. The molecular formula is C16H11F13. The molecule has 0 bridgehead atoms. The van der Waals surface area contributed by atoms with Gasteiger partial charge in [0.1, 0.15) is 0 Å². The molecule has 0 aliphatic rings. The van der Waals surface area contributed by atoms with Gasteiger partial charge in [0.25, 0.3) is 0 Å². The molecule has 1 aromatic carbocycles. The third kappa shape index (κ3) is 3.91. The summed E-state index contributed by atoms with van der Waals surface area (Å²) < 4.78 is 169. The van der Waals surface area contributed by atoms with Gasteiger partial charge in [-0.1, -0.05) is 36.4 Å². The molecule has 0 fully saturated rings. The Kier molecular flexibility index (Phi) is 6.12. The zero-order chi connectivity index (χ0) is 23.3. The summed E-state index contributed by atoms with van der Waals surface area (Å²) in [5.41, 5.74) is -0.725. The van der Waals surface area contributed by atoms with Gasteiger partial charge in [-0.3, -0.25) is 0 Å². The Bertz CT molecular complexity index is 741. The van der Waals surface area contributed by atoms with E-state index in [2.05, 4.69) is 6.58 Å². The minimum atomic E-state index is -7.89. The highest BCUT2D eigenvalue weighted by atomic mass is 19.4. The molecule has 1 rings (SSSR count). The summed E-state index contributed by atoms with van der Waals surface area (Å²) in [6.45, 7) is 4.44. The van der Waals surface area contributed by atoms with Crippen LogP contribution in [0.4, 0.5) is 57.1 Å². The molecule has 0 aliphatic heterocycles. The first kappa shape index (κ1) is 25.1. The summed E-state index contributed by atoms with van der Waals surface area (Å²) in [4.78, 5) is 0. The van der Waals surface area contributed by atoms with Crippen LogP contribution in [0.1, 0.15) is 17.5 Å². The molecule has 13 heteroatoms. The monoisotopic (exact) mass is 450 g/mol. The summed E-state index contributed by atoms with van der Waals surface area (Å²) in [5, 5.41) is 0. The van der Waals surface area contributed by atoms with E-state index in [0.29, 0.717) is 5.56 Å². The Hall–Kier alpha value is -1.95. The maximum absolute atomic E-state index is 13.8. The zero-order valence-electron chi connectivity index (χ0n) is 14.1. The molecule has 0 radical (unpaired) electrons. The number of allylic oxidation sites excluding steroid dienone is 1. The Morgan fingerprint density at radius 2 is 1.03 bits per heavy atom. The molecular weight excluding hydrogens is 439 g/mol. The fourth-order valence-corrected chi connectivity index (χ4v) is 2.07. The van der Waals surface area contributed by atoms with Crippen LogP contribution in [0.15, 0.2) is 30.8 Å². The van der Waals surface area contributed by atoms with Crippen molar-refractivity contribution in [3.63, 3.8) is 0 Å². The van der Waals surface area contributed by atoms with Crippen LogP contribution in [0.2, 0.25) is 0 Å². The second kappa shape index (κ2) is 7.08. The van der Waals surface area contributed by atoms with Crippen molar-refractivity contribution in [3.8, 4) is 0 Å². The number of hydrogen-bond acceptors (Lipinski definition) is 0. The van der Waals surface area contributed by atoms with Crippen molar-refractivity contribution in [2.75, 3.05) is 0 Å². The summed E-state index contributed by atoms with van der Waals surface area (Å²) in [6.07, 6.45) is -9.84. The first-order valence-electron chi connectivity index (χ1n) is 7.34. The molecule has 0 heterocycles. The van der Waals surface area contributed by atoms with E-state index in [1.165, 1.54) is 19.1 Å². The van der Waals surface area contributed by atoms with E-state index in [0.717, 1.165) is 12.1 Å². The van der Waals surface area contributed by atoms with Crippen LogP contribution in [-0.2, 0) is 0 Å². The van der Waals surface area contributed by atoms with E-state index in [1.54, 1.807) is 0 Å². The molecule has 0 amide bonds. The lowest BCUT2D eigenvalue weighted by Gasteiger charge is -2.39. The third-order valence-electron chi connectivity index (χ3n) is 3.89. The maximum atomic E-state index is 13.8. The van der Waals surface area contributed by atoms with Crippen LogP contribution in [0, 0.1) is 6.92 Å². The van der Waals surface area contributed by atoms with Crippen LogP contribution in [0.3, 0.4) is 0 Å². The van der Waals surface area contributed by atoms with E-state index in [9.17, 15) is 57.1 Å². The molecule has 0 aromatic heterocycles. The largest absolute Gasteiger partial charge is 0.460 e. The van der Waals surface area contributed by atoms with Gasteiger partial charge in [0.15, 0.2) is 0 Å². The van der Waals surface area contributed by atoms with Gasteiger partial charge in [-0.05, 0) is 18.1 Å². The van der Waals surface area contributed by atoms with E-state index < -0.39 is 47.8 Å². The van der Waals surface area contributed by atoms with Crippen LogP contribution in [0.25, 0.3) is 5.57 Å². The fourth-order valence-electron chi connectivity index (χ4n) is 2.07. The summed E-state index contributed by atoms with van der Waals surface area (Å²) in [7, 11) is 0. The SMILES string of the molecule is C=C(CC(F)(F)C(F)(F)C(F)(F)C(F)(F)C(F)(F)C(F)(F)F)c1ccc(C)cc1. The van der Waals surface area contributed by atoms with Gasteiger partial charge in [0.2, 0.25) is 0 Å². The molecule has 1 aromatic rings. The first-order valence-corrected chi connectivity index (χ1v) is 7.34.